The van der Waals surface area contributed by atoms with Crippen LogP contribution in [0.4, 0.5) is 15.8 Å². The first-order valence-electron chi connectivity index (χ1n) is 9.08. The van der Waals surface area contributed by atoms with Crippen LogP contribution in [0.15, 0.2) is 41.4 Å². The molecule has 2 aromatic rings. The molecule has 0 aromatic heterocycles. The van der Waals surface area contributed by atoms with Gasteiger partial charge in [0.2, 0.25) is 0 Å². The van der Waals surface area contributed by atoms with Gasteiger partial charge in [0.25, 0.3) is 0 Å². The summed E-state index contributed by atoms with van der Waals surface area (Å²) in [4.78, 5) is 6.21. The second-order valence-corrected chi connectivity index (χ2v) is 7.09. The lowest BCUT2D eigenvalue weighted by molar-refractivity contribution is 0.145. The molecule has 3 rings (SSSR count). The van der Waals surface area contributed by atoms with Crippen molar-refractivity contribution in [1.29, 1.82) is 0 Å². The summed E-state index contributed by atoms with van der Waals surface area (Å²) in [6.45, 7) is 1.55. The minimum Gasteiger partial charge on any atom is -0.495 e. The first-order valence-corrected chi connectivity index (χ1v) is 9.46. The predicted octanol–water partition coefficient (Wildman–Crippen LogP) is 3.38. The monoisotopic (exact) mass is 406 g/mol. The standard InChI is InChI=1S/C20H24ClFN4O2/c1-28-19-5-3-14(11-16(19)21)25-20(23)24-12-13-2-4-18(17(22)10-13)26-8-6-15(27)7-9-26/h2-5,10-11,15,27H,6-9,12H2,1H3,(H3,23,24,25). The van der Waals surface area contributed by atoms with Crippen molar-refractivity contribution >= 4 is 28.9 Å². The van der Waals surface area contributed by atoms with Crippen LogP contribution in [-0.4, -0.2) is 37.4 Å². The van der Waals surface area contributed by atoms with E-state index in [0.29, 0.717) is 48.1 Å². The molecule has 0 bridgehead atoms. The Hall–Kier alpha value is -2.51. The van der Waals surface area contributed by atoms with Crippen LogP contribution in [0.3, 0.4) is 0 Å². The van der Waals surface area contributed by atoms with Crippen LogP contribution in [0.5, 0.6) is 5.75 Å². The SMILES string of the molecule is COc1ccc(NC(N)=NCc2ccc(N3CCC(O)CC3)c(F)c2)cc1Cl. The Balaban J connectivity index is 1.61. The zero-order valence-electron chi connectivity index (χ0n) is 15.7. The lowest BCUT2D eigenvalue weighted by Crippen LogP contribution is -2.36. The Labute approximate surface area is 168 Å². The molecule has 1 aliphatic heterocycles. The zero-order chi connectivity index (χ0) is 20.1. The number of hydrogen-bond acceptors (Lipinski definition) is 4. The maximum atomic E-state index is 14.5. The van der Waals surface area contributed by atoms with Crippen LogP contribution in [0.1, 0.15) is 18.4 Å². The summed E-state index contributed by atoms with van der Waals surface area (Å²) in [6.07, 6.45) is 1.02. The molecule has 0 spiro atoms. The number of nitrogens with zero attached hydrogens (tertiary/aromatic N) is 2. The predicted molar refractivity (Wildman–Crippen MR) is 111 cm³/mol. The third kappa shape index (κ3) is 5.05. The van der Waals surface area contributed by atoms with Gasteiger partial charge in [-0.25, -0.2) is 9.38 Å². The number of nitrogens with one attached hydrogen (secondary N) is 1. The molecule has 1 aliphatic rings. The highest BCUT2D eigenvalue weighted by molar-refractivity contribution is 6.32. The molecule has 0 aliphatic carbocycles. The highest BCUT2D eigenvalue weighted by Gasteiger charge is 2.19. The zero-order valence-corrected chi connectivity index (χ0v) is 16.4. The molecule has 6 nitrogen and oxygen atoms in total. The van der Waals surface area contributed by atoms with E-state index >= 15 is 0 Å². The fourth-order valence-electron chi connectivity index (χ4n) is 3.12. The molecule has 0 amide bonds. The van der Waals surface area contributed by atoms with E-state index in [4.69, 9.17) is 22.1 Å². The molecule has 0 unspecified atom stereocenters. The molecule has 0 saturated carbocycles. The van der Waals surface area contributed by atoms with Crippen LogP contribution in [0.2, 0.25) is 5.02 Å². The van der Waals surface area contributed by atoms with Gasteiger partial charge in [-0.05, 0) is 48.7 Å². The Kier molecular flexibility index (Phi) is 6.59. The Morgan fingerprint density at radius 3 is 2.71 bits per heavy atom. The number of nitrogens with two attached hydrogens (primary N) is 1. The van der Waals surface area contributed by atoms with E-state index in [0.717, 1.165) is 5.56 Å². The quantitative estimate of drug-likeness (QED) is 0.523. The molecule has 28 heavy (non-hydrogen) atoms. The number of guanidine groups is 1. The van der Waals surface area contributed by atoms with Crippen LogP contribution in [0.25, 0.3) is 0 Å². The van der Waals surface area contributed by atoms with Crippen molar-refractivity contribution in [1.82, 2.24) is 0 Å². The van der Waals surface area contributed by atoms with Gasteiger partial charge in [0.1, 0.15) is 11.6 Å². The number of hydrogen-bond donors (Lipinski definition) is 3. The maximum absolute atomic E-state index is 14.5. The number of anilines is 2. The summed E-state index contributed by atoms with van der Waals surface area (Å²) < 4.78 is 19.6. The lowest BCUT2D eigenvalue weighted by Gasteiger charge is -2.31. The molecular formula is C20H24ClFN4O2. The van der Waals surface area contributed by atoms with E-state index in [-0.39, 0.29) is 24.4 Å². The molecular weight excluding hydrogens is 383 g/mol. The largest absolute Gasteiger partial charge is 0.495 e. The van der Waals surface area contributed by atoms with Crippen molar-refractivity contribution in [2.24, 2.45) is 10.7 Å². The number of aliphatic hydroxyl groups excluding tert-OH is 1. The Morgan fingerprint density at radius 1 is 1.32 bits per heavy atom. The number of piperidine rings is 1. The van der Waals surface area contributed by atoms with Gasteiger partial charge < -0.3 is 25.8 Å². The van der Waals surface area contributed by atoms with Crippen molar-refractivity contribution in [3.8, 4) is 5.75 Å². The molecule has 4 N–H and O–H groups in total. The lowest BCUT2D eigenvalue weighted by atomic mass is 10.1. The average Bonchev–Trinajstić information content (AvgIpc) is 2.67. The van der Waals surface area contributed by atoms with Crippen molar-refractivity contribution < 1.29 is 14.2 Å². The number of methoxy groups -OCH3 is 1. The van der Waals surface area contributed by atoms with Crippen LogP contribution >= 0.6 is 11.6 Å². The molecule has 0 radical (unpaired) electrons. The summed E-state index contributed by atoms with van der Waals surface area (Å²) in [6, 6.07) is 10.3. The Morgan fingerprint density at radius 2 is 2.07 bits per heavy atom. The highest BCUT2D eigenvalue weighted by Crippen LogP contribution is 2.27. The summed E-state index contributed by atoms with van der Waals surface area (Å²) in [5, 5.41) is 13.0. The summed E-state index contributed by atoms with van der Waals surface area (Å²) in [5.74, 6) is 0.481. The Bertz CT molecular complexity index is 854. The van der Waals surface area contributed by atoms with E-state index in [1.54, 1.807) is 31.4 Å². The number of benzene rings is 2. The van der Waals surface area contributed by atoms with E-state index in [1.165, 1.54) is 6.07 Å². The fourth-order valence-corrected chi connectivity index (χ4v) is 3.38. The molecule has 2 aromatic carbocycles. The van der Waals surface area contributed by atoms with Crippen molar-refractivity contribution in [3.63, 3.8) is 0 Å². The topological polar surface area (TPSA) is 83.1 Å². The molecule has 8 heteroatoms. The molecule has 1 heterocycles. The minimum atomic E-state index is -0.294. The van der Waals surface area contributed by atoms with E-state index in [9.17, 15) is 9.50 Å². The number of aliphatic hydroxyl groups is 1. The minimum absolute atomic E-state index is 0.204. The molecule has 1 fully saturated rings. The number of rotatable bonds is 5. The number of ether oxygens (including phenoxy) is 1. The van der Waals surface area contributed by atoms with Gasteiger partial charge >= 0.3 is 0 Å². The van der Waals surface area contributed by atoms with Gasteiger partial charge in [0.05, 0.1) is 30.5 Å². The van der Waals surface area contributed by atoms with Gasteiger partial charge in [0.15, 0.2) is 5.96 Å². The van der Waals surface area contributed by atoms with Gasteiger partial charge in [-0.1, -0.05) is 17.7 Å². The van der Waals surface area contributed by atoms with Gasteiger partial charge in [-0.15, -0.1) is 0 Å². The first-order chi connectivity index (χ1) is 13.5. The molecule has 1 saturated heterocycles. The summed E-state index contributed by atoms with van der Waals surface area (Å²) in [5.41, 5.74) is 7.86. The first kappa shape index (κ1) is 20.2. The molecule has 150 valence electrons. The second-order valence-electron chi connectivity index (χ2n) is 6.68. The van der Waals surface area contributed by atoms with Crippen LogP contribution in [0, 0.1) is 5.82 Å². The number of halogens is 2. The van der Waals surface area contributed by atoms with Gasteiger partial charge in [0, 0.05) is 18.8 Å². The van der Waals surface area contributed by atoms with Gasteiger partial charge in [-0.2, -0.15) is 0 Å². The van der Waals surface area contributed by atoms with Crippen molar-refractivity contribution in [2.75, 3.05) is 30.4 Å². The van der Waals surface area contributed by atoms with Crippen molar-refractivity contribution in [3.05, 3.63) is 52.8 Å². The van der Waals surface area contributed by atoms with Crippen LogP contribution in [-0.2, 0) is 6.54 Å². The third-order valence-electron chi connectivity index (χ3n) is 4.67. The fraction of sp³-hybridized carbons (Fsp3) is 0.350. The summed E-state index contributed by atoms with van der Waals surface area (Å²) in [7, 11) is 1.54. The number of aliphatic imine (C=N–C) groups is 1. The van der Waals surface area contributed by atoms with E-state index < -0.39 is 0 Å². The molecule has 0 atom stereocenters. The maximum Gasteiger partial charge on any atom is 0.193 e. The highest BCUT2D eigenvalue weighted by atomic mass is 35.5. The smallest absolute Gasteiger partial charge is 0.193 e. The van der Waals surface area contributed by atoms with E-state index in [1.807, 2.05) is 11.0 Å². The van der Waals surface area contributed by atoms with Crippen molar-refractivity contribution in [2.45, 2.75) is 25.5 Å². The average molecular weight is 407 g/mol. The summed E-state index contributed by atoms with van der Waals surface area (Å²) >= 11 is 6.08. The van der Waals surface area contributed by atoms with Gasteiger partial charge in [-0.3, -0.25) is 0 Å². The normalized spacial score (nSPS) is 15.6. The van der Waals surface area contributed by atoms with E-state index in [2.05, 4.69) is 10.3 Å². The third-order valence-corrected chi connectivity index (χ3v) is 4.97. The second kappa shape index (κ2) is 9.12. The van der Waals surface area contributed by atoms with Crippen LogP contribution < -0.4 is 20.7 Å².